The van der Waals surface area contributed by atoms with Crippen molar-refractivity contribution in [2.45, 2.75) is 51.5 Å². The topological polar surface area (TPSA) is 32.7 Å². The van der Waals surface area contributed by atoms with Gasteiger partial charge in [0, 0.05) is 19.1 Å². The predicted octanol–water partition coefficient (Wildman–Crippen LogP) is 2.50. The summed E-state index contributed by atoms with van der Waals surface area (Å²) in [6.45, 7) is 6.10. The van der Waals surface area contributed by atoms with E-state index in [1.54, 1.807) is 11.3 Å². The smallest absolute Gasteiger partial charge is 0.0900 e. The normalized spacial score (nSPS) is 17.6. The first-order valence-electron chi connectivity index (χ1n) is 6.70. The van der Waals surface area contributed by atoms with Crippen LogP contribution < -0.4 is 0 Å². The van der Waals surface area contributed by atoms with Gasteiger partial charge in [-0.25, -0.2) is 0 Å². The van der Waals surface area contributed by atoms with Crippen LogP contribution in [-0.4, -0.2) is 41.4 Å². The first-order chi connectivity index (χ1) is 8.65. The number of nitrogens with zero attached hydrogens (tertiary/aromatic N) is 1. The molecule has 1 aliphatic carbocycles. The first-order valence-corrected chi connectivity index (χ1v) is 7.64. The summed E-state index contributed by atoms with van der Waals surface area (Å²) in [6.07, 6.45) is 2.33. The van der Waals surface area contributed by atoms with Crippen LogP contribution >= 0.6 is 11.3 Å². The van der Waals surface area contributed by atoms with Crippen LogP contribution in [0.3, 0.4) is 0 Å². The first kappa shape index (κ1) is 14.0. The Morgan fingerprint density at radius 1 is 1.50 bits per heavy atom. The van der Waals surface area contributed by atoms with Crippen LogP contribution in [0.5, 0.6) is 0 Å². The summed E-state index contributed by atoms with van der Waals surface area (Å²) in [6, 6.07) is 2.83. The van der Waals surface area contributed by atoms with Crippen LogP contribution in [0.1, 0.15) is 32.3 Å². The van der Waals surface area contributed by atoms with E-state index in [0.717, 1.165) is 6.54 Å². The molecule has 0 amide bonds. The largest absolute Gasteiger partial charge is 0.389 e. The lowest BCUT2D eigenvalue weighted by molar-refractivity contribution is -0.0106. The molecular weight excluding hydrogens is 246 g/mol. The van der Waals surface area contributed by atoms with E-state index in [4.69, 9.17) is 4.74 Å². The van der Waals surface area contributed by atoms with E-state index in [9.17, 15) is 5.11 Å². The minimum absolute atomic E-state index is 0.186. The van der Waals surface area contributed by atoms with Gasteiger partial charge in [-0.2, -0.15) is 11.3 Å². The monoisotopic (exact) mass is 269 g/mol. The number of rotatable bonds is 8. The molecule has 1 atom stereocenters. The third kappa shape index (κ3) is 4.69. The van der Waals surface area contributed by atoms with Crippen molar-refractivity contribution in [3.05, 3.63) is 22.4 Å². The molecule has 0 unspecified atom stereocenters. The number of aliphatic hydroxyl groups is 1. The van der Waals surface area contributed by atoms with E-state index in [-0.39, 0.29) is 12.2 Å². The van der Waals surface area contributed by atoms with Crippen LogP contribution in [0.4, 0.5) is 0 Å². The van der Waals surface area contributed by atoms with E-state index >= 15 is 0 Å². The van der Waals surface area contributed by atoms with Crippen LogP contribution in [0.2, 0.25) is 0 Å². The van der Waals surface area contributed by atoms with Crippen LogP contribution in [0.25, 0.3) is 0 Å². The van der Waals surface area contributed by atoms with Crippen molar-refractivity contribution in [2.75, 3.05) is 13.2 Å². The summed E-state index contributed by atoms with van der Waals surface area (Å²) in [7, 11) is 0. The Hall–Kier alpha value is -0.420. The summed E-state index contributed by atoms with van der Waals surface area (Å²) in [5, 5.41) is 14.3. The fourth-order valence-corrected chi connectivity index (χ4v) is 2.69. The van der Waals surface area contributed by atoms with Crippen molar-refractivity contribution in [3.8, 4) is 0 Å². The van der Waals surface area contributed by atoms with Crippen molar-refractivity contribution < 1.29 is 9.84 Å². The lowest BCUT2D eigenvalue weighted by Crippen LogP contribution is -2.36. The minimum Gasteiger partial charge on any atom is -0.389 e. The molecule has 1 aromatic rings. The van der Waals surface area contributed by atoms with Crippen molar-refractivity contribution in [1.82, 2.24) is 4.90 Å². The number of ether oxygens (including phenoxy) is 1. The Morgan fingerprint density at radius 2 is 2.28 bits per heavy atom. The van der Waals surface area contributed by atoms with E-state index in [1.165, 1.54) is 18.4 Å². The third-order valence-corrected chi connectivity index (χ3v) is 3.83. The van der Waals surface area contributed by atoms with Gasteiger partial charge in [0.25, 0.3) is 0 Å². The zero-order valence-corrected chi connectivity index (χ0v) is 12.0. The summed E-state index contributed by atoms with van der Waals surface area (Å²) in [4.78, 5) is 2.39. The molecule has 2 rings (SSSR count). The molecule has 102 valence electrons. The van der Waals surface area contributed by atoms with Gasteiger partial charge in [-0.3, -0.25) is 4.90 Å². The maximum Gasteiger partial charge on any atom is 0.0900 e. The molecule has 1 aromatic heterocycles. The molecule has 1 N–H and O–H groups in total. The maximum atomic E-state index is 10.0. The highest BCUT2D eigenvalue weighted by atomic mass is 32.1. The SMILES string of the molecule is CC(C)OC[C@H](O)CN(Cc1ccsc1)C1CC1. The van der Waals surface area contributed by atoms with E-state index in [1.807, 2.05) is 13.8 Å². The minimum atomic E-state index is -0.383. The molecule has 3 nitrogen and oxygen atoms in total. The van der Waals surface area contributed by atoms with Gasteiger partial charge < -0.3 is 9.84 Å². The lowest BCUT2D eigenvalue weighted by atomic mass is 10.2. The van der Waals surface area contributed by atoms with Crippen molar-refractivity contribution >= 4 is 11.3 Å². The Balaban J connectivity index is 1.79. The molecule has 1 heterocycles. The van der Waals surface area contributed by atoms with Crippen LogP contribution in [0, 0.1) is 0 Å². The van der Waals surface area contributed by atoms with Gasteiger partial charge in [0.15, 0.2) is 0 Å². The second-order valence-corrected chi connectivity index (χ2v) is 6.11. The molecule has 0 saturated heterocycles. The highest BCUT2D eigenvalue weighted by Gasteiger charge is 2.30. The summed E-state index contributed by atoms with van der Waals surface area (Å²) >= 11 is 1.73. The quantitative estimate of drug-likeness (QED) is 0.787. The highest BCUT2D eigenvalue weighted by Crippen LogP contribution is 2.28. The van der Waals surface area contributed by atoms with Crippen LogP contribution in [0.15, 0.2) is 16.8 Å². The second kappa shape index (κ2) is 6.66. The summed E-state index contributed by atoms with van der Waals surface area (Å²) < 4.78 is 5.47. The van der Waals surface area contributed by atoms with E-state index in [0.29, 0.717) is 19.2 Å². The van der Waals surface area contributed by atoms with E-state index in [2.05, 4.69) is 21.7 Å². The van der Waals surface area contributed by atoms with Crippen molar-refractivity contribution in [1.29, 1.82) is 0 Å². The Kier molecular flexibility index (Phi) is 5.18. The Morgan fingerprint density at radius 3 is 2.83 bits per heavy atom. The molecule has 0 aliphatic heterocycles. The van der Waals surface area contributed by atoms with Gasteiger partial charge in [0.05, 0.1) is 18.8 Å². The van der Waals surface area contributed by atoms with Crippen LogP contribution in [-0.2, 0) is 11.3 Å². The number of hydrogen-bond donors (Lipinski definition) is 1. The molecule has 18 heavy (non-hydrogen) atoms. The standard InChI is InChI=1S/C14H23NO2S/c1-11(2)17-9-14(16)8-15(13-3-4-13)7-12-5-6-18-10-12/h5-6,10-11,13-14,16H,3-4,7-9H2,1-2H3/t14-/m1/s1. The van der Waals surface area contributed by atoms with Gasteiger partial charge >= 0.3 is 0 Å². The highest BCUT2D eigenvalue weighted by molar-refractivity contribution is 7.07. The average molecular weight is 269 g/mol. The number of hydrogen-bond acceptors (Lipinski definition) is 4. The zero-order chi connectivity index (χ0) is 13.0. The molecule has 0 aromatic carbocycles. The molecule has 4 heteroatoms. The van der Waals surface area contributed by atoms with Gasteiger partial charge in [-0.15, -0.1) is 0 Å². The fraction of sp³-hybridized carbons (Fsp3) is 0.714. The Bertz CT molecular complexity index is 336. The van der Waals surface area contributed by atoms with E-state index < -0.39 is 0 Å². The molecule has 0 radical (unpaired) electrons. The maximum absolute atomic E-state index is 10.0. The predicted molar refractivity (Wildman–Crippen MR) is 74.8 cm³/mol. The van der Waals surface area contributed by atoms with Gasteiger partial charge in [-0.1, -0.05) is 0 Å². The molecule has 1 aliphatic rings. The molecular formula is C14H23NO2S. The Labute approximate surface area is 113 Å². The molecule has 0 spiro atoms. The van der Waals surface area contributed by atoms with Gasteiger partial charge in [-0.05, 0) is 49.1 Å². The fourth-order valence-electron chi connectivity index (χ4n) is 2.03. The zero-order valence-electron chi connectivity index (χ0n) is 11.2. The number of aliphatic hydroxyl groups excluding tert-OH is 1. The molecule has 1 saturated carbocycles. The number of thiophene rings is 1. The average Bonchev–Trinajstić information content (AvgIpc) is 3.05. The molecule has 0 bridgehead atoms. The summed E-state index contributed by atoms with van der Waals surface area (Å²) in [5.41, 5.74) is 1.35. The summed E-state index contributed by atoms with van der Waals surface area (Å²) in [5.74, 6) is 0. The molecule has 1 fully saturated rings. The van der Waals surface area contributed by atoms with Crippen molar-refractivity contribution in [2.24, 2.45) is 0 Å². The third-order valence-electron chi connectivity index (χ3n) is 3.10. The second-order valence-electron chi connectivity index (χ2n) is 5.33. The van der Waals surface area contributed by atoms with Gasteiger partial charge in [0.2, 0.25) is 0 Å². The lowest BCUT2D eigenvalue weighted by Gasteiger charge is -2.25. The van der Waals surface area contributed by atoms with Gasteiger partial charge in [0.1, 0.15) is 0 Å². The van der Waals surface area contributed by atoms with Crippen molar-refractivity contribution in [3.63, 3.8) is 0 Å².